The zero-order valence-corrected chi connectivity index (χ0v) is 19.3. The predicted molar refractivity (Wildman–Crippen MR) is 132 cm³/mol. The number of nitrogens with one attached hydrogen (secondary N) is 2. The Kier molecular flexibility index (Phi) is 7.03. The highest BCUT2D eigenvalue weighted by Gasteiger charge is 2.11. The highest BCUT2D eigenvalue weighted by Crippen LogP contribution is 2.34. The SMILES string of the molecule is COc1ccc2nc3cc(Cl)ccc3c(NCCCNCc3ccc(Cl)cc3Cl)c2c1. The van der Waals surface area contributed by atoms with Crippen molar-refractivity contribution in [2.24, 2.45) is 0 Å². The van der Waals surface area contributed by atoms with Crippen LogP contribution >= 0.6 is 34.8 Å². The maximum absolute atomic E-state index is 6.23. The van der Waals surface area contributed by atoms with E-state index in [4.69, 9.17) is 44.5 Å². The molecule has 1 heterocycles. The number of anilines is 1. The van der Waals surface area contributed by atoms with Crippen LogP contribution in [0.3, 0.4) is 0 Å². The summed E-state index contributed by atoms with van der Waals surface area (Å²) in [7, 11) is 1.67. The molecular weight excluding hydrogens is 453 g/mol. The molecule has 1 aromatic heterocycles. The van der Waals surface area contributed by atoms with Gasteiger partial charge in [0.25, 0.3) is 0 Å². The van der Waals surface area contributed by atoms with E-state index in [0.717, 1.165) is 58.3 Å². The Morgan fingerprint density at radius 1 is 0.839 bits per heavy atom. The zero-order chi connectivity index (χ0) is 21.8. The van der Waals surface area contributed by atoms with Crippen LogP contribution in [-0.4, -0.2) is 25.2 Å². The van der Waals surface area contributed by atoms with E-state index in [1.54, 1.807) is 13.2 Å². The lowest BCUT2D eigenvalue weighted by molar-refractivity contribution is 0.415. The average Bonchev–Trinajstić information content (AvgIpc) is 2.76. The molecule has 31 heavy (non-hydrogen) atoms. The third kappa shape index (κ3) is 5.16. The summed E-state index contributed by atoms with van der Waals surface area (Å²) < 4.78 is 5.42. The van der Waals surface area contributed by atoms with Crippen molar-refractivity contribution < 1.29 is 4.74 Å². The molecule has 0 saturated heterocycles. The fourth-order valence-corrected chi connectivity index (χ4v) is 4.17. The van der Waals surface area contributed by atoms with E-state index in [2.05, 4.69) is 10.6 Å². The van der Waals surface area contributed by atoms with Crippen molar-refractivity contribution in [3.63, 3.8) is 0 Å². The molecule has 7 heteroatoms. The first-order valence-corrected chi connectivity index (χ1v) is 11.1. The Morgan fingerprint density at radius 3 is 2.45 bits per heavy atom. The Balaban J connectivity index is 1.46. The van der Waals surface area contributed by atoms with E-state index in [0.29, 0.717) is 21.6 Å². The number of fused-ring (bicyclic) bond motifs is 2. The first kappa shape index (κ1) is 22.0. The zero-order valence-electron chi connectivity index (χ0n) is 17.0. The number of nitrogens with zero attached hydrogens (tertiary/aromatic N) is 1. The van der Waals surface area contributed by atoms with Gasteiger partial charge in [0.05, 0.1) is 23.8 Å². The molecule has 0 bridgehead atoms. The molecule has 0 saturated carbocycles. The summed E-state index contributed by atoms with van der Waals surface area (Å²) in [6.07, 6.45) is 0.939. The standard InChI is InChI=1S/C24H22Cl3N3O/c1-31-18-6-8-22-20(13-18)24(19-7-5-17(26)12-23(19)30-22)29-10-2-9-28-14-15-3-4-16(25)11-21(15)27/h3-8,11-13,28H,2,9-10,14H2,1H3,(H,29,30). The molecule has 4 rings (SSSR count). The molecule has 0 aliphatic rings. The number of hydrogen-bond acceptors (Lipinski definition) is 4. The molecule has 3 aromatic carbocycles. The molecule has 0 aliphatic carbocycles. The number of ether oxygens (including phenoxy) is 1. The second-order valence-electron chi connectivity index (χ2n) is 7.22. The number of halogens is 3. The van der Waals surface area contributed by atoms with Crippen LogP contribution in [0.25, 0.3) is 21.8 Å². The van der Waals surface area contributed by atoms with E-state index in [-0.39, 0.29) is 0 Å². The fraction of sp³-hybridized carbons (Fsp3) is 0.208. The molecule has 0 unspecified atom stereocenters. The van der Waals surface area contributed by atoms with E-state index in [9.17, 15) is 0 Å². The first-order chi connectivity index (χ1) is 15.0. The Bertz CT molecular complexity index is 1230. The van der Waals surface area contributed by atoms with Crippen LogP contribution in [0, 0.1) is 0 Å². The minimum Gasteiger partial charge on any atom is -0.497 e. The minimum absolute atomic E-state index is 0.646. The van der Waals surface area contributed by atoms with Crippen molar-refractivity contribution in [3.05, 3.63) is 75.2 Å². The summed E-state index contributed by atoms with van der Waals surface area (Å²) in [4.78, 5) is 4.77. The van der Waals surface area contributed by atoms with Crippen LogP contribution in [-0.2, 0) is 6.54 Å². The summed E-state index contributed by atoms with van der Waals surface area (Å²) in [5.41, 5.74) is 3.84. The van der Waals surface area contributed by atoms with E-state index in [1.807, 2.05) is 48.5 Å². The Morgan fingerprint density at radius 2 is 1.65 bits per heavy atom. The van der Waals surface area contributed by atoms with Gasteiger partial charge in [-0.15, -0.1) is 0 Å². The number of methoxy groups -OCH3 is 1. The summed E-state index contributed by atoms with van der Waals surface area (Å²) in [5.74, 6) is 0.798. The van der Waals surface area contributed by atoms with Gasteiger partial charge in [0.15, 0.2) is 0 Å². The van der Waals surface area contributed by atoms with Gasteiger partial charge in [-0.05, 0) is 67.1 Å². The van der Waals surface area contributed by atoms with E-state index < -0.39 is 0 Å². The number of aromatic nitrogens is 1. The maximum Gasteiger partial charge on any atom is 0.119 e. The van der Waals surface area contributed by atoms with Crippen molar-refractivity contribution in [1.29, 1.82) is 0 Å². The van der Waals surface area contributed by atoms with Gasteiger partial charge in [0.2, 0.25) is 0 Å². The molecule has 0 fully saturated rings. The monoisotopic (exact) mass is 473 g/mol. The van der Waals surface area contributed by atoms with Gasteiger partial charge in [0.1, 0.15) is 5.75 Å². The number of benzene rings is 3. The Hall–Kier alpha value is -2.24. The lowest BCUT2D eigenvalue weighted by Crippen LogP contribution is -2.18. The second kappa shape index (κ2) is 9.92. The highest BCUT2D eigenvalue weighted by atomic mass is 35.5. The van der Waals surface area contributed by atoms with Crippen molar-refractivity contribution in [2.75, 3.05) is 25.5 Å². The quantitative estimate of drug-likeness (QED) is 0.214. The van der Waals surface area contributed by atoms with Crippen LogP contribution < -0.4 is 15.4 Å². The topological polar surface area (TPSA) is 46.2 Å². The van der Waals surface area contributed by atoms with Gasteiger partial charge in [-0.2, -0.15) is 0 Å². The van der Waals surface area contributed by atoms with Gasteiger partial charge >= 0.3 is 0 Å². The molecule has 160 valence electrons. The van der Waals surface area contributed by atoms with Gasteiger partial charge < -0.3 is 15.4 Å². The molecule has 0 radical (unpaired) electrons. The Labute approximate surface area is 196 Å². The minimum atomic E-state index is 0.646. The molecule has 4 aromatic rings. The van der Waals surface area contributed by atoms with Crippen LogP contribution in [0.2, 0.25) is 15.1 Å². The van der Waals surface area contributed by atoms with Gasteiger partial charge in [-0.25, -0.2) is 4.98 Å². The largest absolute Gasteiger partial charge is 0.497 e. The second-order valence-corrected chi connectivity index (χ2v) is 8.50. The van der Waals surface area contributed by atoms with Crippen molar-refractivity contribution >= 4 is 62.3 Å². The van der Waals surface area contributed by atoms with E-state index >= 15 is 0 Å². The summed E-state index contributed by atoms with van der Waals surface area (Å²) >= 11 is 18.4. The molecule has 2 N–H and O–H groups in total. The number of pyridine rings is 1. The van der Waals surface area contributed by atoms with Gasteiger partial charge in [0, 0.05) is 38.9 Å². The lowest BCUT2D eigenvalue weighted by Gasteiger charge is -2.14. The highest BCUT2D eigenvalue weighted by molar-refractivity contribution is 6.35. The maximum atomic E-state index is 6.23. The molecule has 4 nitrogen and oxygen atoms in total. The summed E-state index contributed by atoms with van der Waals surface area (Å²) in [6, 6.07) is 17.3. The summed E-state index contributed by atoms with van der Waals surface area (Å²) in [6.45, 7) is 2.35. The van der Waals surface area contributed by atoms with Crippen LogP contribution in [0.15, 0.2) is 54.6 Å². The van der Waals surface area contributed by atoms with Gasteiger partial charge in [-0.1, -0.05) is 40.9 Å². The van der Waals surface area contributed by atoms with Crippen molar-refractivity contribution in [2.45, 2.75) is 13.0 Å². The van der Waals surface area contributed by atoms with Gasteiger partial charge in [-0.3, -0.25) is 0 Å². The third-order valence-corrected chi connectivity index (χ3v) is 5.93. The summed E-state index contributed by atoms with van der Waals surface area (Å²) in [5, 5.41) is 11.1. The molecule has 0 aliphatic heterocycles. The van der Waals surface area contributed by atoms with Crippen LogP contribution in [0.4, 0.5) is 5.69 Å². The van der Waals surface area contributed by atoms with Crippen LogP contribution in [0.5, 0.6) is 5.75 Å². The number of hydrogen-bond donors (Lipinski definition) is 2. The predicted octanol–water partition coefficient (Wildman–Crippen LogP) is 6.95. The van der Waals surface area contributed by atoms with Crippen molar-refractivity contribution in [1.82, 2.24) is 10.3 Å². The van der Waals surface area contributed by atoms with Crippen molar-refractivity contribution in [3.8, 4) is 5.75 Å². The first-order valence-electron chi connectivity index (χ1n) is 10.0. The van der Waals surface area contributed by atoms with Crippen LogP contribution in [0.1, 0.15) is 12.0 Å². The number of rotatable bonds is 8. The smallest absolute Gasteiger partial charge is 0.119 e. The molecule has 0 atom stereocenters. The molecule has 0 spiro atoms. The van der Waals surface area contributed by atoms with E-state index in [1.165, 1.54) is 0 Å². The third-order valence-electron chi connectivity index (χ3n) is 5.11. The molecule has 0 amide bonds. The molecular formula is C24H22Cl3N3O. The average molecular weight is 475 g/mol. The fourth-order valence-electron chi connectivity index (χ4n) is 3.53. The lowest BCUT2D eigenvalue weighted by atomic mass is 10.1. The normalized spacial score (nSPS) is 11.2.